The molecule has 2 aromatic heterocycles. The van der Waals surface area contributed by atoms with Crippen molar-refractivity contribution in [2.45, 2.75) is 12.5 Å². The number of aromatic nitrogens is 2. The lowest BCUT2D eigenvalue weighted by Gasteiger charge is -2.16. The molecule has 4 rings (SSSR count). The van der Waals surface area contributed by atoms with Crippen LogP contribution in [0.1, 0.15) is 28.0 Å². The van der Waals surface area contributed by atoms with Crippen LogP contribution in [0, 0.1) is 10.1 Å². The number of furan rings is 1. The van der Waals surface area contributed by atoms with Gasteiger partial charge in [0.15, 0.2) is 5.76 Å². The highest BCUT2D eigenvalue weighted by atomic mass is 16.6. The van der Waals surface area contributed by atoms with Crippen molar-refractivity contribution < 1.29 is 14.1 Å². The van der Waals surface area contributed by atoms with E-state index in [-0.39, 0.29) is 5.76 Å². The summed E-state index contributed by atoms with van der Waals surface area (Å²) in [5, 5.41) is 13.6. The minimum absolute atomic E-state index is 0.124. The van der Waals surface area contributed by atoms with Crippen LogP contribution >= 0.6 is 0 Å². The molecule has 4 aromatic rings. The number of nitrogens with zero attached hydrogens (tertiary/aromatic N) is 2. The Bertz CT molecular complexity index is 1100. The number of H-pyrrole nitrogens is 1. The highest BCUT2D eigenvalue weighted by Crippen LogP contribution is 2.22. The normalized spacial score (nSPS) is 12.0. The maximum atomic E-state index is 12.6. The number of aromatic amines is 1. The predicted octanol–water partition coefficient (Wildman–Crippen LogP) is 3.78. The molecular weight excluding hydrogens is 360 g/mol. The number of carbonyl (C=O) groups excluding carboxylic acids is 1. The highest BCUT2D eigenvalue weighted by Gasteiger charge is 2.23. The Hall–Kier alpha value is -3.94. The summed E-state index contributed by atoms with van der Waals surface area (Å²) in [7, 11) is 0. The lowest BCUT2D eigenvalue weighted by molar-refractivity contribution is -0.402. The monoisotopic (exact) mass is 376 g/mol. The fraction of sp³-hybridized carbons (Fsp3) is 0.100. The zero-order valence-electron chi connectivity index (χ0n) is 14.7. The van der Waals surface area contributed by atoms with Gasteiger partial charge in [0.1, 0.15) is 10.7 Å². The first-order valence-electron chi connectivity index (χ1n) is 8.64. The summed E-state index contributed by atoms with van der Waals surface area (Å²) >= 11 is 0. The van der Waals surface area contributed by atoms with E-state index < -0.39 is 22.8 Å². The lowest BCUT2D eigenvalue weighted by Crippen LogP contribution is -2.30. The summed E-state index contributed by atoms with van der Waals surface area (Å²) in [6.07, 6.45) is 0.495. The van der Waals surface area contributed by atoms with Gasteiger partial charge in [-0.2, -0.15) is 0 Å². The fourth-order valence-electron chi connectivity index (χ4n) is 2.98. The second kappa shape index (κ2) is 7.36. The molecule has 0 fully saturated rings. The van der Waals surface area contributed by atoms with E-state index in [9.17, 15) is 14.9 Å². The number of rotatable bonds is 6. The van der Waals surface area contributed by atoms with Crippen LogP contribution in [0.15, 0.2) is 71.1 Å². The van der Waals surface area contributed by atoms with Crippen LogP contribution in [0.25, 0.3) is 11.0 Å². The Kier molecular flexibility index (Phi) is 4.59. The molecule has 0 aliphatic rings. The molecule has 28 heavy (non-hydrogen) atoms. The number of fused-ring (bicyclic) bond motifs is 1. The summed E-state index contributed by atoms with van der Waals surface area (Å²) in [5.41, 5.74) is 2.66. The van der Waals surface area contributed by atoms with Crippen molar-refractivity contribution in [1.29, 1.82) is 0 Å². The van der Waals surface area contributed by atoms with Crippen molar-refractivity contribution in [1.82, 2.24) is 15.3 Å². The van der Waals surface area contributed by atoms with Crippen LogP contribution in [-0.4, -0.2) is 20.8 Å². The topological polar surface area (TPSA) is 114 Å². The number of para-hydroxylation sites is 2. The van der Waals surface area contributed by atoms with E-state index in [1.165, 1.54) is 6.07 Å². The standard InChI is InChI=1S/C20H16N4O4/c25-20(17-10-11-18(28-17)24(26)27)23-16(12-13-6-2-1-3-7-13)19-21-14-8-4-5-9-15(14)22-19/h1-11,16H,12H2,(H,21,22)(H,23,25)/t16-/m0/s1. The first-order valence-corrected chi connectivity index (χ1v) is 8.64. The zero-order chi connectivity index (χ0) is 19.5. The van der Waals surface area contributed by atoms with Crippen molar-refractivity contribution in [3.63, 3.8) is 0 Å². The van der Waals surface area contributed by atoms with Crippen molar-refractivity contribution in [3.8, 4) is 0 Å². The Labute approximate surface area is 159 Å². The fourth-order valence-corrected chi connectivity index (χ4v) is 2.98. The van der Waals surface area contributed by atoms with Crippen molar-refractivity contribution >= 4 is 22.8 Å². The van der Waals surface area contributed by atoms with E-state index >= 15 is 0 Å². The van der Waals surface area contributed by atoms with Gasteiger partial charge in [-0.25, -0.2) is 4.98 Å². The number of nitro groups is 1. The average Bonchev–Trinajstić information content (AvgIpc) is 3.35. The van der Waals surface area contributed by atoms with Crippen LogP contribution in [0.3, 0.4) is 0 Å². The molecule has 0 saturated carbocycles. The van der Waals surface area contributed by atoms with E-state index in [1.54, 1.807) is 0 Å². The van der Waals surface area contributed by atoms with Gasteiger partial charge in [-0.15, -0.1) is 0 Å². The molecule has 8 nitrogen and oxygen atoms in total. The van der Waals surface area contributed by atoms with E-state index in [0.29, 0.717) is 12.2 Å². The molecule has 0 saturated heterocycles. The number of hydrogen-bond donors (Lipinski definition) is 2. The van der Waals surface area contributed by atoms with Gasteiger partial charge in [0, 0.05) is 0 Å². The van der Waals surface area contributed by atoms with Crippen molar-refractivity contribution in [2.75, 3.05) is 0 Å². The largest absolute Gasteiger partial charge is 0.433 e. The van der Waals surface area contributed by atoms with E-state index in [1.807, 2.05) is 54.6 Å². The van der Waals surface area contributed by atoms with Crippen molar-refractivity contribution in [2.24, 2.45) is 0 Å². The number of benzene rings is 2. The molecular formula is C20H16N4O4. The molecule has 0 aliphatic heterocycles. The predicted molar refractivity (Wildman–Crippen MR) is 102 cm³/mol. The number of carbonyl (C=O) groups is 1. The summed E-state index contributed by atoms with van der Waals surface area (Å²) in [6.45, 7) is 0. The van der Waals surface area contributed by atoms with Gasteiger partial charge in [0.05, 0.1) is 23.1 Å². The van der Waals surface area contributed by atoms with Crippen molar-refractivity contribution in [3.05, 3.63) is 94.0 Å². The molecule has 8 heteroatoms. The molecule has 1 amide bonds. The molecule has 2 aromatic carbocycles. The molecule has 1 atom stereocenters. The summed E-state index contributed by atoms with van der Waals surface area (Å²) in [4.78, 5) is 30.5. The van der Waals surface area contributed by atoms with Crippen LogP contribution in [0.2, 0.25) is 0 Å². The molecule has 2 heterocycles. The maximum Gasteiger partial charge on any atom is 0.433 e. The molecule has 0 radical (unpaired) electrons. The molecule has 0 unspecified atom stereocenters. The zero-order valence-corrected chi connectivity index (χ0v) is 14.7. The van der Waals surface area contributed by atoms with Gasteiger partial charge in [-0.1, -0.05) is 42.5 Å². The van der Waals surface area contributed by atoms with Crippen LogP contribution in [0.5, 0.6) is 0 Å². The third kappa shape index (κ3) is 3.61. The number of nitrogens with one attached hydrogen (secondary N) is 2. The van der Waals surface area contributed by atoms with Gasteiger partial charge in [0.2, 0.25) is 0 Å². The van der Waals surface area contributed by atoms with Gasteiger partial charge < -0.3 is 14.7 Å². The summed E-state index contributed by atoms with van der Waals surface area (Å²) in [5.74, 6) is -0.552. The number of amides is 1. The minimum Gasteiger partial charge on any atom is -0.395 e. The molecule has 140 valence electrons. The van der Waals surface area contributed by atoms with Crippen LogP contribution in [-0.2, 0) is 6.42 Å². The molecule has 2 N–H and O–H groups in total. The van der Waals surface area contributed by atoms with E-state index in [2.05, 4.69) is 15.3 Å². The second-order valence-corrected chi connectivity index (χ2v) is 6.25. The third-order valence-corrected chi connectivity index (χ3v) is 4.32. The Morgan fingerprint density at radius 2 is 1.86 bits per heavy atom. The molecule has 0 aliphatic carbocycles. The SMILES string of the molecule is O=C(N[C@@H](Cc1ccccc1)c1nc2ccccc2[nH]1)c1ccc([N+](=O)[O-])o1. The van der Waals surface area contributed by atoms with Gasteiger partial charge in [0.25, 0.3) is 5.91 Å². The summed E-state index contributed by atoms with van der Waals surface area (Å²) < 4.78 is 5.01. The third-order valence-electron chi connectivity index (χ3n) is 4.32. The smallest absolute Gasteiger partial charge is 0.395 e. The number of hydrogen-bond acceptors (Lipinski definition) is 5. The minimum atomic E-state index is -0.683. The van der Waals surface area contributed by atoms with Crippen LogP contribution < -0.4 is 5.32 Å². The van der Waals surface area contributed by atoms with Gasteiger partial charge in [-0.3, -0.25) is 14.9 Å². The van der Waals surface area contributed by atoms with Gasteiger partial charge >= 0.3 is 5.88 Å². The quantitative estimate of drug-likeness (QED) is 0.393. The van der Waals surface area contributed by atoms with Crippen LogP contribution in [0.4, 0.5) is 5.88 Å². The van der Waals surface area contributed by atoms with Gasteiger partial charge in [-0.05, 0) is 30.2 Å². The van der Waals surface area contributed by atoms with E-state index in [0.717, 1.165) is 22.7 Å². The average molecular weight is 376 g/mol. The Morgan fingerprint density at radius 1 is 1.11 bits per heavy atom. The first-order chi connectivity index (χ1) is 13.6. The highest BCUT2D eigenvalue weighted by molar-refractivity contribution is 5.92. The lowest BCUT2D eigenvalue weighted by atomic mass is 10.1. The summed E-state index contributed by atoms with van der Waals surface area (Å²) in [6, 6.07) is 19.2. The molecule has 0 bridgehead atoms. The molecule has 0 spiro atoms. The first kappa shape index (κ1) is 17.5. The Balaban J connectivity index is 1.63. The Morgan fingerprint density at radius 3 is 2.57 bits per heavy atom. The van der Waals surface area contributed by atoms with E-state index in [4.69, 9.17) is 4.42 Å². The maximum absolute atomic E-state index is 12.6. The number of imidazole rings is 1. The second-order valence-electron chi connectivity index (χ2n) is 6.25.